The first kappa shape index (κ1) is 18.5. The molecule has 1 aliphatic heterocycles. The second kappa shape index (κ2) is 8.37. The Morgan fingerprint density at radius 2 is 1.89 bits per heavy atom. The molecule has 0 atom stereocenters. The third-order valence-electron chi connectivity index (χ3n) is 4.46. The lowest BCUT2D eigenvalue weighted by Gasteiger charge is -2.35. The highest BCUT2D eigenvalue weighted by molar-refractivity contribution is 6.06. The van der Waals surface area contributed by atoms with E-state index in [4.69, 9.17) is 0 Å². The molecule has 0 saturated carbocycles. The largest absolute Gasteiger partial charge is 0.373 e. The highest BCUT2D eigenvalue weighted by Gasteiger charge is 2.19. The predicted octanol–water partition coefficient (Wildman–Crippen LogP) is 3.30. The number of carbonyl (C=O) groups excluding carboxylic acids is 1. The summed E-state index contributed by atoms with van der Waals surface area (Å²) in [7, 11) is 0. The molecule has 2 aromatic carbocycles. The summed E-state index contributed by atoms with van der Waals surface area (Å²) < 4.78 is 13.9. The van der Waals surface area contributed by atoms with Gasteiger partial charge in [-0.25, -0.2) is 4.39 Å². The van der Waals surface area contributed by atoms with Crippen LogP contribution in [-0.4, -0.2) is 37.0 Å². The van der Waals surface area contributed by atoms with E-state index in [2.05, 4.69) is 5.32 Å². The molecule has 1 aliphatic rings. The summed E-state index contributed by atoms with van der Waals surface area (Å²) in [5, 5.41) is 12.1. The molecule has 1 saturated heterocycles. The van der Waals surface area contributed by atoms with Crippen molar-refractivity contribution in [1.82, 2.24) is 4.90 Å². The van der Waals surface area contributed by atoms with E-state index < -0.39 is 5.91 Å². The second-order valence-corrected chi connectivity index (χ2v) is 6.45. The Hall–Kier alpha value is -3.33. The zero-order valence-corrected chi connectivity index (χ0v) is 15.2. The molecule has 6 heteroatoms. The fraction of sp³-hybridized carbons (Fsp3) is 0.238. The number of hydrogen-bond donors (Lipinski definition) is 1. The number of halogens is 1. The molecule has 2 aromatic rings. The van der Waals surface area contributed by atoms with Crippen molar-refractivity contribution in [3.05, 3.63) is 71.7 Å². The summed E-state index contributed by atoms with van der Waals surface area (Å²) in [6.45, 7) is 4.39. The number of nitrogens with zero attached hydrogens (tertiary/aromatic N) is 3. The van der Waals surface area contributed by atoms with Crippen LogP contribution in [0.3, 0.4) is 0 Å². The Kier molecular flexibility index (Phi) is 5.72. The van der Waals surface area contributed by atoms with Gasteiger partial charge < -0.3 is 15.1 Å². The summed E-state index contributed by atoms with van der Waals surface area (Å²) in [6.07, 6.45) is 1.59. The first-order valence-electron chi connectivity index (χ1n) is 8.80. The van der Waals surface area contributed by atoms with Gasteiger partial charge in [-0.05, 0) is 36.8 Å². The lowest BCUT2D eigenvalue weighted by molar-refractivity contribution is -0.112. The van der Waals surface area contributed by atoms with Gasteiger partial charge in [0, 0.05) is 38.1 Å². The van der Waals surface area contributed by atoms with Gasteiger partial charge in [-0.2, -0.15) is 5.26 Å². The van der Waals surface area contributed by atoms with Crippen LogP contribution in [0.15, 0.2) is 60.3 Å². The van der Waals surface area contributed by atoms with Crippen LogP contribution in [0.25, 0.3) is 0 Å². The van der Waals surface area contributed by atoms with Crippen LogP contribution in [0.1, 0.15) is 5.56 Å². The van der Waals surface area contributed by atoms with Crippen LogP contribution >= 0.6 is 0 Å². The summed E-state index contributed by atoms with van der Waals surface area (Å²) >= 11 is 0. The van der Waals surface area contributed by atoms with Gasteiger partial charge in [-0.15, -0.1) is 0 Å². The lowest BCUT2D eigenvalue weighted by Crippen LogP contribution is -2.44. The molecule has 0 aliphatic carbocycles. The van der Waals surface area contributed by atoms with Crippen LogP contribution in [0.5, 0.6) is 0 Å². The van der Waals surface area contributed by atoms with Crippen molar-refractivity contribution in [2.75, 3.05) is 36.4 Å². The lowest BCUT2D eigenvalue weighted by atomic mass is 10.2. The van der Waals surface area contributed by atoms with Crippen molar-refractivity contribution in [2.24, 2.45) is 0 Å². The molecule has 5 nitrogen and oxygen atoms in total. The molecule has 0 unspecified atom stereocenters. The summed E-state index contributed by atoms with van der Waals surface area (Å²) in [4.78, 5) is 16.3. The number of nitrogens with one attached hydrogen (secondary N) is 1. The molecule has 1 fully saturated rings. The third-order valence-corrected chi connectivity index (χ3v) is 4.46. The summed E-state index contributed by atoms with van der Waals surface area (Å²) in [5.41, 5.74) is 2.32. The number of rotatable bonds is 4. The van der Waals surface area contributed by atoms with E-state index in [1.807, 2.05) is 47.1 Å². The van der Waals surface area contributed by atoms with Crippen molar-refractivity contribution in [1.29, 1.82) is 5.26 Å². The maximum atomic E-state index is 13.9. The number of carbonyl (C=O) groups is 1. The highest BCUT2D eigenvalue weighted by Crippen LogP contribution is 2.20. The predicted molar refractivity (Wildman–Crippen MR) is 104 cm³/mol. The van der Waals surface area contributed by atoms with Crippen LogP contribution in [0.2, 0.25) is 0 Å². The Labute approximate surface area is 158 Å². The normalized spacial score (nSPS) is 14.6. The minimum atomic E-state index is -0.431. The number of hydrogen-bond acceptors (Lipinski definition) is 4. The zero-order chi connectivity index (χ0) is 19.2. The molecular formula is C21H21FN4O. The van der Waals surface area contributed by atoms with Crippen LogP contribution < -0.4 is 10.2 Å². The van der Waals surface area contributed by atoms with E-state index >= 15 is 0 Å². The number of aryl methyl sites for hydroxylation is 1. The van der Waals surface area contributed by atoms with Gasteiger partial charge in [0.2, 0.25) is 0 Å². The monoisotopic (exact) mass is 364 g/mol. The van der Waals surface area contributed by atoms with E-state index in [1.165, 1.54) is 6.07 Å². The van der Waals surface area contributed by atoms with E-state index in [0.29, 0.717) is 37.6 Å². The first-order chi connectivity index (χ1) is 13.1. The molecule has 138 valence electrons. The van der Waals surface area contributed by atoms with Crippen molar-refractivity contribution >= 4 is 17.3 Å². The molecule has 3 rings (SSSR count). The summed E-state index contributed by atoms with van der Waals surface area (Å²) in [6, 6.07) is 16.1. The molecule has 0 aromatic heterocycles. The quantitative estimate of drug-likeness (QED) is 0.668. The van der Waals surface area contributed by atoms with E-state index in [0.717, 1.165) is 5.56 Å². The van der Waals surface area contributed by atoms with Crippen LogP contribution in [0, 0.1) is 24.1 Å². The smallest absolute Gasteiger partial charge is 0.267 e. The average molecular weight is 364 g/mol. The molecule has 1 amide bonds. The van der Waals surface area contributed by atoms with Gasteiger partial charge in [0.15, 0.2) is 0 Å². The number of benzene rings is 2. The number of piperazine rings is 1. The Bertz CT molecular complexity index is 895. The number of anilines is 2. The van der Waals surface area contributed by atoms with Crippen LogP contribution in [-0.2, 0) is 4.79 Å². The molecule has 1 heterocycles. The van der Waals surface area contributed by atoms with Crippen molar-refractivity contribution in [3.8, 4) is 6.07 Å². The van der Waals surface area contributed by atoms with Gasteiger partial charge in [-0.1, -0.05) is 24.3 Å². The highest BCUT2D eigenvalue weighted by atomic mass is 19.1. The van der Waals surface area contributed by atoms with Crippen molar-refractivity contribution < 1.29 is 9.18 Å². The summed E-state index contributed by atoms with van der Waals surface area (Å²) in [5.74, 6) is -0.670. The standard InChI is InChI=1S/C21H21FN4O/c1-16-5-4-6-18(13-16)24-21(27)17(14-23)15-25-9-11-26(12-10-25)20-8-3-2-7-19(20)22/h2-8,13,15H,9-12H2,1H3,(H,24,27)/b17-15-. The van der Waals surface area contributed by atoms with Gasteiger partial charge in [0.1, 0.15) is 17.5 Å². The molecule has 1 N–H and O–H groups in total. The molecule has 0 radical (unpaired) electrons. The van der Waals surface area contributed by atoms with Gasteiger partial charge in [0.05, 0.1) is 5.69 Å². The fourth-order valence-electron chi connectivity index (χ4n) is 3.04. The van der Waals surface area contributed by atoms with Gasteiger partial charge >= 0.3 is 0 Å². The minimum absolute atomic E-state index is 0.0517. The second-order valence-electron chi connectivity index (χ2n) is 6.45. The van der Waals surface area contributed by atoms with Gasteiger partial charge in [0.25, 0.3) is 5.91 Å². The number of amides is 1. The number of nitriles is 1. The van der Waals surface area contributed by atoms with E-state index in [-0.39, 0.29) is 11.4 Å². The maximum Gasteiger partial charge on any atom is 0.267 e. The minimum Gasteiger partial charge on any atom is -0.373 e. The SMILES string of the molecule is Cc1cccc(NC(=O)/C(C#N)=C\N2CCN(c3ccccc3F)CC2)c1. The Balaban J connectivity index is 1.63. The number of para-hydroxylation sites is 1. The first-order valence-corrected chi connectivity index (χ1v) is 8.80. The Morgan fingerprint density at radius 3 is 2.56 bits per heavy atom. The van der Waals surface area contributed by atoms with E-state index in [9.17, 15) is 14.4 Å². The zero-order valence-electron chi connectivity index (χ0n) is 15.2. The maximum absolute atomic E-state index is 13.9. The fourth-order valence-corrected chi connectivity index (χ4v) is 3.04. The topological polar surface area (TPSA) is 59.4 Å². The van der Waals surface area contributed by atoms with Crippen molar-refractivity contribution in [3.63, 3.8) is 0 Å². The average Bonchev–Trinajstić information content (AvgIpc) is 2.67. The van der Waals surface area contributed by atoms with Crippen molar-refractivity contribution in [2.45, 2.75) is 6.92 Å². The van der Waals surface area contributed by atoms with E-state index in [1.54, 1.807) is 24.4 Å². The Morgan fingerprint density at radius 1 is 1.15 bits per heavy atom. The molecular weight excluding hydrogens is 343 g/mol. The van der Waals surface area contributed by atoms with Gasteiger partial charge in [-0.3, -0.25) is 4.79 Å². The molecule has 0 bridgehead atoms. The molecule has 0 spiro atoms. The molecule has 27 heavy (non-hydrogen) atoms. The third kappa shape index (κ3) is 4.64. The van der Waals surface area contributed by atoms with Crippen LogP contribution in [0.4, 0.5) is 15.8 Å².